The van der Waals surface area contributed by atoms with Gasteiger partial charge in [0.25, 0.3) is 5.91 Å². The Morgan fingerprint density at radius 3 is 2.76 bits per heavy atom. The summed E-state index contributed by atoms with van der Waals surface area (Å²) < 4.78 is 5.62. The Morgan fingerprint density at radius 2 is 1.95 bits per heavy atom. The monoisotopic (exact) mass is 281 g/mol. The van der Waals surface area contributed by atoms with Crippen molar-refractivity contribution in [3.05, 3.63) is 64.7 Å². The molecule has 0 radical (unpaired) electrons. The third kappa shape index (κ3) is 2.77. The van der Waals surface area contributed by atoms with Crippen LogP contribution in [0.3, 0.4) is 0 Å². The molecule has 0 saturated heterocycles. The van der Waals surface area contributed by atoms with Crippen LogP contribution in [0.2, 0.25) is 0 Å². The van der Waals surface area contributed by atoms with E-state index in [2.05, 4.69) is 5.32 Å². The van der Waals surface area contributed by atoms with E-state index in [1.807, 2.05) is 56.3 Å². The second-order valence-corrected chi connectivity index (χ2v) is 5.50. The van der Waals surface area contributed by atoms with Gasteiger partial charge in [-0.2, -0.15) is 0 Å². The fourth-order valence-corrected chi connectivity index (χ4v) is 2.62. The Morgan fingerprint density at radius 1 is 1.14 bits per heavy atom. The van der Waals surface area contributed by atoms with Gasteiger partial charge in [-0.3, -0.25) is 4.79 Å². The van der Waals surface area contributed by atoms with Gasteiger partial charge in [0.1, 0.15) is 5.75 Å². The Labute approximate surface area is 124 Å². The molecule has 0 aromatic heterocycles. The number of benzene rings is 2. The maximum atomic E-state index is 12.4. The van der Waals surface area contributed by atoms with Crippen LogP contribution >= 0.6 is 0 Å². The second kappa shape index (κ2) is 5.60. The van der Waals surface area contributed by atoms with Gasteiger partial charge in [-0.05, 0) is 43.2 Å². The van der Waals surface area contributed by atoms with E-state index in [0.29, 0.717) is 12.2 Å². The van der Waals surface area contributed by atoms with Crippen LogP contribution in [0.1, 0.15) is 39.5 Å². The molecule has 3 rings (SSSR count). The van der Waals surface area contributed by atoms with Crippen LogP contribution < -0.4 is 10.1 Å². The summed E-state index contributed by atoms with van der Waals surface area (Å²) in [6, 6.07) is 13.7. The zero-order chi connectivity index (χ0) is 14.8. The number of hydrogen-bond donors (Lipinski definition) is 1. The van der Waals surface area contributed by atoms with Crippen LogP contribution in [0.5, 0.6) is 5.75 Å². The van der Waals surface area contributed by atoms with Crippen molar-refractivity contribution in [2.45, 2.75) is 26.3 Å². The van der Waals surface area contributed by atoms with Gasteiger partial charge in [0.2, 0.25) is 0 Å². The summed E-state index contributed by atoms with van der Waals surface area (Å²) in [4.78, 5) is 12.4. The summed E-state index contributed by atoms with van der Waals surface area (Å²) in [5.41, 5.74) is 4.10. The highest BCUT2D eigenvalue weighted by Crippen LogP contribution is 2.31. The number of carbonyl (C=O) groups is 1. The van der Waals surface area contributed by atoms with Gasteiger partial charge in [-0.25, -0.2) is 0 Å². The van der Waals surface area contributed by atoms with Crippen LogP contribution in [-0.2, 0) is 0 Å². The van der Waals surface area contributed by atoms with Crippen molar-refractivity contribution in [3.63, 3.8) is 0 Å². The van der Waals surface area contributed by atoms with Crippen LogP contribution in [0, 0.1) is 13.8 Å². The number of fused-ring (bicyclic) bond motifs is 1. The zero-order valence-corrected chi connectivity index (χ0v) is 12.3. The zero-order valence-electron chi connectivity index (χ0n) is 12.3. The largest absolute Gasteiger partial charge is 0.493 e. The van der Waals surface area contributed by atoms with Crippen LogP contribution in [0.15, 0.2) is 42.5 Å². The van der Waals surface area contributed by atoms with Crippen LogP contribution in [0.4, 0.5) is 0 Å². The smallest absolute Gasteiger partial charge is 0.251 e. The third-order valence-electron chi connectivity index (χ3n) is 4.03. The van der Waals surface area contributed by atoms with Gasteiger partial charge in [0, 0.05) is 17.5 Å². The van der Waals surface area contributed by atoms with Gasteiger partial charge in [0.15, 0.2) is 0 Å². The van der Waals surface area contributed by atoms with Crippen molar-refractivity contribution in [2.24, 2.45) is 0 Å². The summed E-state index contributed by atoms with van der Waals surface area (Å²) in [5.74, 6) is 0.842. The lowest BCUT2D eigenvalue weighted by atomic mass is 9.99. The van der Waals surface area contributed by atoms with E-state index in [1.54, 1.807) is 0 Å². The predicted octanol–water partition coefficient (Wildman–Crippen LogP) is 3.56. The van der Waals surface area contributed by atoms with E-state index in [9.17, 15) is 4.79 Å². The van der Waals surface area contributed by atoms with Gasteiger partial charge in [-0.1, -0.05) is 24.3 Å². The quantitative estimate of drug-likeness (QED) is 0.914. The highest BCUT2D eigenvalue weighted by atomic mass is 16.5. The molecule has 1 N–H and O–H groups in total. The Bertz CT molecular complexity index is 679. The summed E-state index contributed by atoms with van der Waals surface area (Å²) in [5, 5.41) is 3.12. The first kappa shape index (κ1) is 13.7. The van der Waals surface area contributed by atoms with E-state index in [1.165, 1.54) is 5.56 Å². The maximum absolute atomic E-state index is 12.4. The van der Waals surface area contributed by atoms with E-state index < -0.39 is 0 Å². The molecule has 3 heteroatoms. The molecule has 108 valence electrons. The molecule has 0 spiro atoms. The Kier molecular flexibility index (Phi) is 3.65. The number of carbonyl (C=O) groups excluding carboxylic acids is 1. The molecule has 0 aliphatic carbocycles. The molecular formula is C18H19NO2. The SMILES string of the molecule is Cc1ccc(C(=O)NC2CCOc3ccccc32)cc1C. The number of hydrogen-bond acceptors (Lipinski definition) is 2. The molecule has 1 amide bonds. The number of rotatable bonds is 2. The topological polar surface area (TPSA) is 38.3 Å². The molecular weight excluding hydrogens is 262 g/mol. The molecule has 0 saturated carbocycles. The first-order chi connectivity index (χ1) is 10.1. The van der Waals surface area contributed by atoms with Crippen molar-refractivity contribution >= 4 is 5.91 Å². The highest BCUT2D eigenvalue weighted by Gasteiger charge is 2.23. The summed E-state index contributed by atoms with van der Waals surface area (Å²) in [6.45, 7) is 4.70. The maximum Gasteiger partial charge on any atom is 0.251 e. The van der Waals surface area contributed by atoms with E-state index >= 15 is 0 Å². The minimum absolute atomic E-state index is 0.0176. The molecule has 1 heterocycles. The van der Waals surface area contributed by atoms with Gasteiger partial charge in [0.05, 0.1) is 12.6 Å². The van der Waals surface area contributed by atoms with Crippen LogP contribution in [-0.4, -0.2) is 12.5 Å². The standard InChI is InChI=1S/C18H19NO2/c1-12-7-8-14(11-13(12)2)18(20)19-16-9-10-21-17-6-4-3-5-15(16)17/h3-8,11,16H,9-10H2,1-2H3,(H,19,20). The Balaban J connectivity index is 1.81. The first-order valence-corrected chi connectivity index (χ1v) is 7.25. The second-order valence-electron chi connectivity index (χ2n) is 5.50. The van der Waals surface area contributed by atoms with Crippen molar-refractivity contribution < 1.29 is 9.53 Å². The average molecular weight is 281 g/mol. The molecule has 1 atom stereocenters. The molecule has 0 bridgehead atoms. The van der Waals surface area contributed by atoms with Crippen LogP contribution in [0.25, 0.3) is 0 Å². The highest BCUT2D eigenvalue weighted by molar-refractivity contribution is 5.94. The number of nitrogens with one attached hydrogen (secondary N) is 1. The number of para-hydroxylation sites is 1. The molecule has 2 aromatic rings. The summed E-state index contributed by atoms with van der Waals surface area (Å²) >= 11 is 0. The van der Waals surface area contributed by atoms with Gasteiger partial charge < -0.3 is 10.1 Å². The molecule has 1 aliphatic heterocycles. The predicted molar refractivity (Wildman–Crippen MR) is 82.7 cm³/mol. The van der Waals surface area contributed by atoms with E-state index in [-0.39, 0.29) is 11.9 Å². The molecule has 3 nitrogen and oxygen atoms in total. The fraction of sp³-hybridized carbons (Fsp3) is 0.278. The van der Waals surface area contributed by atoms with E-state index in [4.69, 9.17) is 4.74 Å². The lowest BCUT2D eigenvalue weighted by molar-refractivity contribution is 0.0924. The third-order valence-corrected chi connectivity index (χ3v) is 4.03. The van der Waals surface area contributed by atoms with Gasteiger partial charge in [-0.15, -0.1) is 0 Å². The first-order valence-electron chi connectivity index (χ1n) is 7.25. The normalized spacial score (nSPS) is 16.8. The molecule has 21 heavy (non-hydrogen) atoms. The number of amides is 1. The minimum atomic E-state index is -0.0280. The fourth-order valence-electron chi connectivity index (χ4n) is 2.62. The lowest BCUT2D eigenvalue weighted by Gasteiger charge is -2.26. The molecule has 1 aliphatic rings. The van der Waals surface area contributed by atoms with Crippen molar-refractivity contribution in [2.75, 3.05) is 6.61 Å². The van der Waals surface area contributed by atoms with E-state index in [0.717, 1.165) is 23.3 Å². The van der Waals surface area contributed by atoms with Gasteiger partial charge >= 0.3 is 0 Å². The van der Waals surface area contributed by atoms with Crippen molar-refractivity contribution in [3.8, 4) is 5.75 Å². The average Bonchev–Trinajstić information content (AvgIpc) is 2.50. The Hall–Kier alpha value is -2.29. The lowest BCUT2D eigenvalue weighted by Crippen LogP contribution is -2.32. The summed E-state index contributed by atoms with van der Waals surface area (Å²) in [6.07, 6.45) is 0.799. The molecule has 2 aromatic carbocycles. The van der Waals surface area contributed by atoms with Crippen molar-refractivity contribution in [1.29, 1.82) is 0 Å². The minimum Gasteiger partial charge on any atom is -0.493 e. The number of ether oxygens (including phenoxy) is 1. The molecule has 0 fully saturated rings. The summed E-state index contributed by atoms with van der Waals surface area (Å²) in [7, 11) is 0. The number of aryl methyl sites for hydroxylation is 2. The van der Waals surface area contributed by atoms with Crippen molar-refractivity contribution in [1.82, 2.24) is 5.32 Å². The molecule has 1 unspecified atom stereocenters.